The fourth-order valence-corrected chi connectivity index (χ4v) is 3.27. The van der Waals surface area contributed by atoms with Crippen molar-refractivity contribution in [3.8, 4) is 5.75 Å². The maximum atomic E-state index is 5.94. The number of nitrogens with one attached hydrogen (secondary N) is 2. The maximum absolute atomic E-state index is 5.94. The van der Waals surface area contributed by atoms with E-state index in [-0.39, 0.29) is 0 Å². The van der Waals surface area contributed by atoms with Crippen molar-refractivity contribution in [2.45, 2.75) is 32.4 Å². The fourth-order valence-electron chi connectivity index (χ4n) is 3.27. The Morgan fingerprint density at radius 2 is 2.07 bits per heavy atom. The van der Waals surface area contributed by atoms with Crippen molar-refractivity contribution in [1.29, 1.82) is 0 Å². The molecule has 0 unspecified atom stereocenters. The van der Waals surface area contributed by atoms with Crippen LogP contribution in [0.3, 0.4) is 0 Å². The first kappa shape index (κ1) is 19.7. The Labute approximate surface area is 162 Å². The minimum absolute atomic E-state index is 0.456. The SMILES string of the molecule is CCNC(=NCc1cccc(OCCN2CCOCC2)c1)NC1CC=CC1. The van der Waals surface area contributed by atoms with E-state index in [4.69, 9.17) is 14.5 Å². The van der Waals surface area contributed by atoms with E-state index >= 15 is 0 Å². The molecule has 0 bridgehead atoms. The highest BCUT2D eigenvalue weighted by Crippen LogP contribution is 2.14. The summed E-state index contributed by atoms with van der Waals surface area (Å²) in [6.45, 7) is 8.86. The van der Waals surface area contributed by atoms with Crippen molar-refractivity contribution in [2.24, 2.45) is 4.99 Å². The zero-order valence-corrected chi connectivity index (χ0v) is 16.3. The van der Waals surface area contributed by atoms with Crippen molar-refractivity contribution < 1.29 is 9.47 Å². The van der Waals surface area contributed by atoms with Gasteiger partial charge in [0.2, 0.25) is 0 Å². The van der Waals surface area contributed by atoms with Crippen LogP contribution in [-0.2, 0) is 11.3 Å². The number of aliphatic imine (C=N–C) groups is 1. The second-order valence-corrected chi connectivity index (χ2v) is 6.93. The molecule has 0 radical (unpaired) electrons. The van der Waals surface area contributed by atoms with Gasteiger partial charge in [0.1, 0.15) is 12.4 Å². The molecule has 0 atom stereocenters. The highest BCUT2D eigenvalue weighted by Gasteiger charge is 2.12. The molecule has 6 nitrogen and oxygen atoms in total. The molecule has 1 fully saturated rings. The Hall–Kier alpha value is -2.05. The minimum atomic E-state index is 0.456. The van der Waals surface area contributed by atoms with Crippen LogP contribution in [0.5, 0.6) is 5.75 Å². The number of nitrogens with zero attached hydrogens (tertiary/aromatic N) is 2. The van der Waals surface area contributed by atoms with Crippen LogP contribution < -0.4 is 15.4 Å². The molecule has 0 amide bonds. The number of ether oxygens (including phenoxy) is 2. The molecule has 0 aromatic heterocycles. The lowest BCUT2D eigenvalue weighted by molar-refractivity contribution is 0.0322. The van der Waals surface area contributed by atoms with Crippen LogP contribution in [0.1, 0.15) is 25.3 Å². The summed E-state index contributed by atoms with van der Waals surface area (Å²) in [6.07, 6.45) is 6.58. The van der Waals surface area contributed by atoms with Crippen LogP contribution in [0.15, 0.2) is 41.4 Å². The van der Waals surface area contributed by atoms with Crippen LogP contribution in [0.25, 0.3) is 0 Å². The molecule has 2 aliphatic rings. The van der Waals surface area contributed by atoms with Gasteiger partial charge in [-0.1, -0.05) is 24.3 Å². The first-order valence-corrected chi connectivity index (χ1v) is 10.0. The van der Waals surface area contributed by atoms with E-state index in [9.17, 15) is 0 Å². The van der Waals surface area contributed by atoms with Gasteiger partial charge in [-0.05, 0) is 37.5 Å². The van der Waals surface area contributed by atoms with Crippen molar-refractivity contribution in [2.75, 3.05) is 46.0 Å². The van der Waals surface area contributed by atoms with Crippen LogP contribution in [0.2, 0.25) is 0 Å². The molecular weight excluding hydrogens is 340 g/mol. The second-order valence-electron chi connectivity index (χ2n) is 6.93. The Balaban J connectivity index is 1.47. The highest BCUT2D eigenvalue weighted by atomic mass is 16.5. The fraction of sp³-hybridized carbons (Fsp3) is 0.571. The summed E-state index contributed by atoms with van der Waals surface area (Å²) in [7, 11) is 0. The van der Waals surface area contributed by atoms with Crippen molar-refractivity contribution in [1.82, 2.24) is 15.5 Å². The predicted molar refractivity (Wildman–Crippen MR) is 109 cm³/mol. The third kappa shape index (κ3) is 6.88. The second kappa shape index (κ2) is 10.9. The molecule has 1 aliphatic heterocycles. The summed E-state index contributed by atoms with van der Waals surface area (Å²) in [6, 6.07) is 8.69. The van der Waals surface area contributed by atoms with Gasteiger partial charge in [-0.25, -0.2) is 4.99 Å². The Kier molecular flexibility index (Phi) is 7.99. The summed E-state index contributed by atoms with van der Waals surface area (Å²) in [4.78, 5) is 7.11. The van der Waals surface area contributed by atoms with Gasteiger partial charge in [0.05, 0.1) is 19.8 Å². The van der Waals surface area contributed by atoms with E-state index in [1.165, 1.54) is 0 Å². The predicted octanol–water partition coefficient (Wildman–Crippen LogP) is 2.17. The Morgan fingerprint density at radius 3 is 2.85 bits per heavy atom. The van der Waals surface area contributed by atoms with Crippen molar-refractivity contribution in [3.05, 3.63) is 42.0 Å². The lowest BCUT2D eigenvalue weighted by Crippen LogP contribution is -2.42. The molecule has 2 N–H and O–H groups in total. The summed E-state index contributed by atoms with van der Waals surface area (Å²) >= 11 is 0. The average Bonchev–Trinajstić information content (AvgIpc) is 3.21. The number of hydrogen-bond donors (Lipinski definition) is 2. The van der Waals surface area contributed by atoms with Gasteiger partial charge in [-0.15, -0.1) is 0 Å². The number of morpholine rings is 1. The summed E-state index contributed by atoms with van der Waals surface area (Å²) in [5.74, 6) is 1.79. The molecule has 1 heterocycles. The van der Waals surface area contributed by atoms with Gasteiger partial charge in [-0.2, -0.15) is 0 Å². The number of guanidine groups is 1. The third-order valence-corrected chi connectivity index (χ3v) is 4.79. The van der Waals surface area contributed by atoms with Crippen molar-refractivity contribution >= 4 is 5.96 Å². The van der Waals surface area contributed by atoms with E-state index in [1.807, 2.05) is 12.1 Å². The lowest BCUT2D eigenvalue weighted by Gasteiger charge is -2.26. The molecule has 0 spiro atoms. The van der Waals surface area contributed by atoms with E-state index in [1.54, 1.807) is 0 Å². The van der Waals surface area contributed by atoms with E-state index in [0.29, 0.717) is 19.2 Å². The molecule has 148 valence electrons. The molecule has 0 saturated carbocycles. The first-order valence-electron chi connectivity index (χ1n) is 10.0. The standard InChI is InChI=1S/C21H32N4O2/c1-2-22-21(24-19-7-3-4-8-19)23-17-18-6-5-9-20(16-18)27-15-12-25-10-13-26-14-11-25/h3-6,9,16,19H,2,7-8,10-15,17H2,1H3,(H2,22,23,24). The van der Waals surface area contributed by atoms with Gasteiger partial charge in [-0.3, -0.25) is 4.90 Å². The zero-order chi connectivity index (χ0) is 18.7. The van der Waals surface area contributed by atoms with Crippen LogP contribution in [-0.4, -0.2) is 62.9 Å². The summed E-state index contributed by atoms with van der Waals surface area (Å²) in [5, 5.41) is 6.83. The van der Waals surface area contributed by atoms with Crippen LogP contribution in [0, 0.1) is 0 Å². The van der Waals surface area contributed by atoms with E-state index < -0.39 is 0 Å². The Morgan fingerprint density at radius 1 is 1.26 bits per heavy atom. The van der Waals surface area contributed by atoms with Gasteiger partial charge < -0.3 is 20.1 Å². The molecule has 6 heteroatoms. The molecule has 1 saturated heterocycles. The highest BCUT2D eigenvalue weighted by molar-refractivity contribution is 5.80. The van der Waals surface area contributed by atoms with Crippen LogP contribution in [0.4, 0.5) is 0 Å². The monoisotopic (exact) mass is 372 g/mol. The lowest BCUT2D eigenvalue weighted by atomic mass is 10.2. The smallest absolute Gasteiger partial charge is 0.191 e. The number of hydrogen-bond acceptors (Lipinski definition) is 4. The average molecular weight is 373 g/mol. The van der Waals surface area contributed by atoms with Gasteiger partial charge >= 0.3 is 0 Å². The molecule has 3 rings (SSSR count). The van der Waals surface area contributed by atoms with E-state index in [0.717, 1.165) is 69.5 Å². The largest absolute Gasteiger partial charge is 0.492 e. The topological polar surface area (TPSA) is 58.1 Å². The zero-order valence-electron chi connectivity index (χ0n) is 16.3. The summed E-state index contributed by atoms with van der Waals surface area (Å²) in [5.41, 5.74) is 1.15. The molecule has 27 heavy (non-hydrogen) atoms. The third-order valence-electron chi connectivity index (χ3n) is 4.79. The molecule has 1 aromatic carbocycles. The maximum Gasteiger partial charge on any atom is 0.191 e. The first-order chi connectivity index (χ1) is 13.3. The quantitative estimate of drug-likeness (QED) is 0.416. The normalized spacial score (nSPS) is 18.6. The van der Waals surface area contributed by atoms with Crippen LogP contribution >= 0.6 is 0 Å². The molecular formula is C21H32N4O2. The molecule has 1 aliphatic carbocycles. The number of benzene rings is 1. The van der Waals surface area contributed by atoms with E-state index in [2.05, 4.69) is 46.7 Å². The Bertz CT molecular complexity index is 618. The molecule has 1 aromatic rings. The van der Waals surface area contributed by atoms with Gasteiger partial charge in [0, 0.05) is 32.2 Å². The number of rotatable bonds is 8. The van der Waals surface area contributed by atoms with Gasteiger partial charge in [0.15, 0.2) is 5.96 Å². The van der Waals surface area contributed by atoms with Gasteiger partial charge in [0.25, 0.3) is 0 Å². The van der Waals surface area contributed by atoms with Crippen molar-refractivity contribution in [3.63, 3.8) is 0 Å². The minimum Gasteiger partial charge on any atom is -0.492 e. The summed E-state index contributed by atoms with van der Waals surface area (Å²) < 4.78 is 11.3.